The van der Waals surface area contributed by atoms with Crippen LogP contribution in [0.25, 0.3) is 11.1 Å². The third-order valence-electron chi connectivity index (χ3n) is 3.63. The number of rotatable bonds is 7. The molecule has 0 spiro atoms. The van der Waals surface area contributed by atoms with Gasteiger partial charge in [0.25, 0.3) is 0 Å². The van der Waals surface area contributed by atoms with Gasteiger partial charge in [0, 0.05) is 5.56 Å². The highest BCUT2D eigenvalue weighted by molar-refractivity contribution is 5.98. The van der Waals surface area contributed by atoms with Crippen LogP contribution in [0.5, 0.6) is 5.75 Å². The largest absolute Gasteiger partial charge is 0.456 e. The lowest BCUT2D eigenvalue weighted by atomic mass is 10.1. The third kappa shape index (κ3) is 4.38. The molecule has 0 N–H and O–H groups in total. The van der Waals surface area contributed by atoms with E-state index in [1.807, 2.05) is 0 Å². The molecule has 1 heterocycles. The van der Waals surface area contributed by atoms with Crippen molar-refractivity contribution >= 4 is 22.9 Å². The van der Waals surface area contributed by atoms with Gasteiger partial charge in [-0.25, -0.2) is 4.79 Å². The predicted octanol–water partition coefficient (Wildman–Crippen LogP) is 2.62. The first-order valence-electron chi connectivity index (χ1n) is 7.76. The molecule has 0 amide bonds. The summed E-state index contributed by atoms with van der Waals surface area (Å²) in [6.45, 7) is -3.93. The quantitative estimate of drug-likeness (QED) is 0.465. The normalized spacial score (nSPS) is 10.9. The maximum Gasteiger partial charge on any atom is 0.420 e. The molecule has 0 aliphatic heterocycles. The summed E-state index contributed by atoms with van der Waals surface area (Å²) in [4.78, 5) is 35.7. The average molecular weight is 377 g/mol. The number of halogens is 2. The highest BCUT2D eigenvalue weighted by Crippen LogP contribution is 2.15. The van der Waals surface area contributed by atoms with E-state index in [9.17, 15) is 23.2 Å². The van der Waals surface area contributed by atoms with Crippen LogP contribution in [-0.2, 0) is 16.1 Å². The second kappa shape index (κ2) is 7.81. The summed E-state index contributed by atoms with van der Waals surface area (Å²) < 4.78 is 39.4. The number of oxazole rings is 1. The minimum atomic E-state index is -2.96. The van der Waals surface area contributed by atoms with Crippen LogP contribution >= 0.6 is 0 Å². The Hall–Kier alpha value is -3.49. The second-order valence-corrected chi connectivity index (χ2v) is 5.41. The van der Waals surface area contributed by atoms with Crippen molar-refractivity contribution in [2.45, 2.75) is 13.2 Å². The average Bonchev–Trinajstić information content (AvgIpc) is 2.95. The number of ketones is 1. The minimum absolute atomic E-state index is 0.0928. The van der Waals surface area contributed by atoms with E-state index in [0.29, 0.717) is 11.1 Å². The number of benzene rings is 2. The number of carbonyl (C=O) groups excluding carboxylic acids is 2. The maximum atomic E-state index is 12.1. The third-order valence-corrected chi connectivity index (χ3v) is 3.63. The topological polar surface area (TPSA) is 87.7 Å². The van der Waals surface area contributed by atoms with E-state index in [1.165, 1.54) is 24.3 Å². The molecule has 0 bridgehead atoms. The molecule has 140 valence electrons. The van der Waals surface area contributed by atoms with Crippen molar-refractivity contribution in [1.82, 2.24) is 4.57 Å². The number of fused-ring (bicyclic) bond motifs is 1. The van der Waals surface area contributed by atoms with E-state index in [0.717, 1.165) is 4.57 Å². The van der Waals surface area contributed by atoms with Crippen molar-refractivity contribution in [3.8, 4) is 5.75 Å². The van der Waals surface area contributed by atoms with E-state index in [1.54, 1.807) is 24.3 Å². The molecule has 1 aromatic heterocycles. The summed E-state index contributed by atoms with van der Waals surface area (Å²) in [7, 11) is 0. The summed E-state index contributed by atoms with van der Waals surface area (Å²) in [6, 6.07) is 11.5. The number of Topliss-reactive ketones (excluding diaryl/α,β-unsaturated/α-hetero) is 1. The molecule has 0 saturated carbocycles. The van der Waals surface area contributed by atoms with Crippen molar-refractivity contribution in [3.05, 3.63) is 64.6 Å². The SMILES string of the molecule is O=C(Cn1c(=O)oc2ccccc21)OCC(=O)c1ccc(OC(F)F)cc1. The lowest BCUT2D eigenvalue weighted by molar-refractivity contribution is -0.143. The van der Waals surface area contributed by atoms with Crippen LogP contribution in [0.4, 0.5) is 8.78 Å². The molecule has 0 radical (unpaired) electrons. The zero-order valence-electron chi connectivity index (χ0n) is 13.8. The standard InChI is InChI=1S/C18H13F2NO6/c19-17(20)26-12-7-5-11(6-8-12)14(22)10-25-16(23)9-21-13-3-1-2-4-15(13)27-18(21)24/h1-8,17H,9-10H2. The molecule has 3 aromatic rings. The molecular weight excluding hydrogens is 364 g/mol. The van der Waals surface area contributed by atoms with E-state index in [4.69, 9.17) is 9.15 Å². The summed E-state index contributed by atoms with van der Waals surface area (Å²) in [5.41, 5.74) is 0.924. The molecule has 0 fully saturated rings. The number of carbonyl (C=O) groups is 2. The van der Waals surface area contributed by atoms with Crippen LogP contribution in [0.3, 0.4) is 0 Å². The number of para-hydroxylation sites is 2. The van der Waals surface area contributed by atoms with Crippen molar-refractivity contribution in [2.75, 3.05) is 6.61 Å². The van der Waals surface area contributed by atoms with Gasteiger partial charge in [0.2, 0.25) is 0 Å². The van der Waals surface area contributed by atoms with E-state index >= 15 is 0 Å². The minimum Gasteiger partial charge on any atom is -0.456 e. The van der Waals surface area contributed by atoms with Gasteiger partial charge < -0.3 is 13.9 Å². The Morgan fingerprint density at radius 1 is 1.07 bits per heavy atom. The Kier molecular flexibility index (Phi) is 5.30. The van der Waals surface area contributed by atoms with Gasteiger partial charge in [-0.3, -0.25) is 14.2 Å². The van der Waals surface area contributed by atoms with Crippen LogP contribution in [-0.4, -0.2) is 29.5 Å². The number of hydrogen-bond donors (Lipinski definition) is 0. The second-order valence-electron chi connectivity index (χ2n) is 5.41. The van der Waals surface area contributed by atoms with Gasteiger partial charge in [0.15, 0.2) is 18.0 Å². The van der Waals surface area contributed by atoms with E-state index < -0.39 is 37.3 Å². The number of nitrogens with zero attached hydrogens (tertiary/aromatic N) is 1. The predicted molar refractivity (Wildman–Crippen MR) is 88.8 cm³/mol. The molecule has 0 aliphatic carbocycles. The van der Waals surface area contributed by atoms with Crippen molar-refractivity contribution in [2.24, 2.45) is 0 Å². The van der Waals surface area contributed by atoms with Crippen LogP contribution in [0.2, 0.25) is 0 Å². The van der Waals surface area contributed by atoms with Gasteiger partial charge in [-0.2, -0.15) is 8.78 Å². The summed E-state index contributed by atoms with van der Waals surface area (Å²) in [5.74, 6) is -2.13. The first-order valence-corrected chi connectivity index (χ1v) is 7.76. The molecule has 7 nitrogen and oxygen atoms in total. The molecule has 27 heavy (non-hydrogen) atoms. The van der Waals surface area contributed by atoms with Crippen LogP contribution in [0.15, 0.2) is 57.7 Å². The van der Waals surface area contributed by atoms with Gasteiger partial charge in [0.1, 0.15) is 12.3 Å². The number of hydrogen-bond acceptors (Lipinski definition) is 6. The number of esters is 1. The van der Waals surface area contributed by atoms with Gasteiger partial charge in [-0.1, -0.05) is 12.1 Å². The smallest absolute Gasteiger partial charge is 0.420 e. The molecule has 0 atom stereocenters. The highest BCUT2D eigenvalue weighted by Gasteiger charge is 2.15. The van der Waals surface area contributed by atoms with Crippen molar-refractivity contribution in [1.29, 1.82) is 0 Å². The van der Waals surface area contributed by atoms with E-state index in [-0.39, 0.29) is 11.3 Å². The fraction of sp³-hybridized carbons (Fsp3) is 0.167. The molecule has 0 saturated heterocycles. The molecule has 0 unspecified atom stereocenters. The van der Waals surface area contributed by atoms with E-state index in [2.05, 4.69) is 4.74 Å². The Morgan fingerprint density at radius 3 is 2.48 bits per heavy atom. The monoisotopic (exact) mass is 377 g/mol. The molecule has 9 heteroatoms. The summed E-state index contributed by atoms with van der Waals surface area (Å²) >= 11 is 0. The maximum absolute atomic E-state index is 12.1. The number of aromatic nitrogens is 1. The van der Waals surface area contributed by atoms with Crippen LogP contribution in [0, 0.1) is 0 Å². The number of ether oxygens (including phenoxy) is 2. The Bertz CT molecular complexity index is 1020. The number of alkyl halides is 2. The van der Waals surface area contributed by atoms with Gasteiger partial charge in [-0.15, -0.1) is 0 Å². The zero-order valence-corrected chi connectivity index (χ0v) is 13.8. The molecule has 2 aromatic carbocycles. The van der Waals surface area contributed by atoms with Gasteiger partial charge >= 0.3 is 18.3 Å². The molecule has 0 aliphatic rings. The summed E-state index contributed by atoms with van der Waals surface area (Å²) in [5, 5.41) is 0. The summed E-state index contributed by atoms with van der Waals surface area (Å²) in [6.07, 6.45) is 0. The Morgan fingerprint density at radius 2 is 1.78 bits per heavy atom. The fourth-order valence-corrected chi connectivity index (χ4v) is 2.39. The fourth-order valence-electron chi connectivity index (χ4n) is 2.39. The lowest BCUT2D eigenvalue weighted by Crippen LogP contribution is -2.23. The van der Waals surface area contributed by atoms with Crippen LogP contribution in [0.1, 0.15) is 10.4 Å². The van der Waals surface area contributed by atoms with Gasteiger partial charge in [-0.05, 0) is 36.4 Å². The Labute approximate surface area is 150 Å². The molecular formula is C18H13F2NO6. The highest BCUT2D eigenvalue weighted by atomic mass is 19.3. The van der Waals surface area contributed by atoms with Crippen LogP contribution < -0.4 is 10.5 Å². The van der Waals surface area contributed by atoms with Crippen molar-refractivity contribution < 1.29 is 32.3 Å². The Balaban J connectivity index is 1.59. The molecule has 3 rings (SSSR count). The van der Waals surface area contributed by atoms with Crippen molar-refractivity contribution in [3.63, 3.8) is 0 Å². The lowest BCUT2D eigenvalue weighted by Gasteiger charge is -2.07. The first kappa shape index (κ1) is 18.3. The zero-order chi connectivity index (χ0) is 19.4. The first-order chi connectivity index (χ1) is 12.9. The van der Waals surface area contributed by atoms with Gasteiger partial charge in [0.05, 0.1) is 5.52 Å².